The van der Waals surface area contributed by atoms with Gasteiger partial charge in [0, 0.05) is 11.1 Å². The third kappa shape index (κ3) is 4.78. The predicted octanol–water partition coefficient (Wildman–Crippen LogP) is 3.49. The molecule has 0 saturated carbocycles. The van der Waals surface area contributed by atoms with Crippen LogP contribution in [0.3, 0.4) is 0 Å². The van der Waals surface area contributed by atoms with E-state index in [2.05, 4.69) is 65.6 Å². The number of hydrogen-bond donors (Lipinski definition) is 3. The minimum atomic E-state index is 1.15. The van der Waals surface area contributed by atoms with Crippen molar-refractivity contribution in [2.24, 2.45) is 0 Å². The van der Waals surface area contributed by atoms with E-state index in [9.17, 15) is 0 Å². The standard InChI is InChI=1S/C28H35N3/c1-5-13-23(14-6-1)27-25(21-30-17-9-3-10-18-30)26(22-31-19-11-4-12-20-31)28(29-27)24-15-7-2-8-16-24/h1-2,5-8,13-16,29H,3-4,9-12,17-22H2/p+2. The Labute approximate surface area is 187 Å². The molecule has 2 aliphatic heterocycles. The molecule has 2 fully saturated rings. The first-order valence-corrected chi connectivity index (χ1v) is 12.4. The quantitative estimate of drug-likeness (QED) is 0.549. The smallest absolute Gasteiger partial charge is 0.105 e. The molecule has 2 saturated heterocycles. The van der Waals surface area contributed by atoms with E-state index in [1.165, 1.54) is 87.2 Å². The summed E-state index contributed by atoms with van der Waals surface area (Å²) in [5, 5.41) is 0. The van der Waals surface area contributed by atoms with Crippen molar-refractivity contribution in [1.82, 2.24) is 4.98 Å². The van der Waals surface area contributed by atoms with Crippen molar-refractivity contribution in [2.75, 3.05) is 26.2 Å². The van der Waals surface area contributed by atoms with Gasteiger partial charge >= 0.3 is 0 Å². The first-order valence-electron chi connectivity index (χ1n) is 12.4. The van der Waals surface area contributed by atoms with Gasteiger partial charge in [0.15, 0.2) is 0 Å². The lowest BCUT2D eigenvalue weighted by atomic mass is 9.98. The average Bonchev–Trinajstić information content (AvgIpc) is 3.19. The van der Waals surface area contributed by atoms with E-state index in [4.69, 9.17) is 0 Å². The summed E-state index contributed by atoms with van der Waals surface area (Å²) in [5.41, 5.74) is 8.49. The van der Waals surface area contributed by atoms with Crippen LogP contribution in [0.4, 0.5) is 0 Å². The zero-order valence-electron chi connectivity index (χ0n) is 18.8. The molecule has 3 aromatic rings. The number of rotatable bonds is 6. The number of nitrogens with one attached hydrogen (secondary N) is 3. The zero-order chi connectivity index (χ0) is 20.9. The van der Waals surface area contributed by atoms with Crippen molar-refractivity contribution in [3.05, 3.63) is 71.8 Å². The normalized spacial score (nSPS) is 18.3. The van der Waals surface area contributed by atoms with Gasteiger partial charge in [-0.15, -0.1) is 0 Å². The molecule has 0 radical (unpaired) electrons. The SMILES string of the molecule is c1ccc(-c2[nH]c(-c3ccccc3)c(C[NH+]3CCCCC3)c2C[NH+]2CCCCC2)cc1. The number of hydrogen-bond acceptors (Lipinski definition) is 0. The van der Waals surface area contributed by atoms with Gasteiger partial charge < -0.3 is 14.8 Å². The average molecular weight is 416 g/mol. The summed E-state index contributed by atoms with van der Waals surface area (Å²) in [5.74, 6) is 0. The van der Waals surface area contributed by atoms with Crippen molar-refractivity contribution in [2.45, 2.75) is 51.6 Å². The van der Waals surface area contributed by atoms with Gasteiger partial charge in [-0.1, -0.05) is 60.7 Å². The Morgan fingerprint density at radius 2 is 0.903 bits per heavy atom. The lowest BCUT2D eigenvalue weighted by Crippen LogP contribution is -3.12. The molecular weight excluding hydrogens is 378 g/mol. The molecule has 0 spiro atoms. The number of piperidine rings is 2. The fourth-order valence-corrected chi connectivity index (χ4v) is 5.63. The van der Waals surface area contributed by atoms with E-state index < -0.39 is 0 Å². The lowest BCUT2D eigenvalue weighted by molar-refractivity contribution is -0.922. The molecule has 2 aromatic carbocycles. The van der Waals surface area contributed by atoms with Crippen LogP contribution in [0, 0.1) is 0 Å². The molecule has 0 amide bonds. The molecular formula is C28H37N3+2. The monoisotopic (exact) mass is 415 g/mol. The first-order chi connectivity index (χ1) is 15.4. The minimum absolute atomic E-state index is 1.15. The zero-order valence-corrected chi connectivity index (χ0v) is 18.8. The number of likely N-dealkylation sites (tertiary alicyclic amines) is 2. The summed E-state index contributed by atoms with van der Waals surface area (Å²) < 4.78 is 0. The molecule has 5 rings (SSSR count). The van der Waals surface area contributed by atoms with Crippen molar-refractivity contribution >= 4 is 0 Å². The lowest BCUT2D eigenvalue weighted by Gasteiger charge is -2.26. The molecule has 2 aliphatic rings. The second kappa shape index (κ2) is 9.84. The maximum absolute atomic E-state index is 3.94. The largest absolute Gasteiger partial charge is 0.354 e. The van der Waals surface area contributed by atoms with E-state index in [1.807, 2.05) is 0 Å². The molecule has 3 N–H and O–H groups in total. The van der Waals surface area contributed by atoms with Crippen LogP contribution >= 0.6 is 0 Å². The summed E-state index contributed by atoms with van der Waals surface area (Å²) >= 11 is 0. The summed E-state index contributed by atoms with van der Waals surface area (Å²) in [6.45, 7) is 7.56. The van der Waals surface area contributed by atoms with Gasteiger partial charge in [0.1, 0.15) is 13.1 Å². The van der Waals surface area contributed by atoms with Gasteiger partial charge in [-0.25, -0.2) is 0 Å². The second-order valence-electron chi connectivity index (χ2n) is 9.54. The van der Waals surface area contributed by atoms with Gasteiger partial charge in [0.05, 0.1) is 37.6 Å². The highest BCUT2D eigenvalue weighted by Crippen LogP contribution is 2.33. The first kappa shape index (κ1) is 20.5. The highest BCUT2D eigenvalue weighted by Gasteiger charge is 2.27. The van der Waals surface area contributed by atoms with Gasteiger partial charge in [-0.2, -0.15) is 0 Å². The molecule has 1 aromatic heterocycles. The topological polar surface area (TPSA) is 24.7 Å². The van der Waals surface area contributed by atoms with Crippen LogP contribution in [0.2, 0.25) is 0 Å². The number of H-pyrrole nitrogens is 1. The highest BCUT2D eigenvalue weighted by atomic mass is 15.1. The number of benzene rings is 2. The highest BCUT2D eigenvalue weighted by molar-refractivity contribution is 5.75. The Kier molecular flexibility index (Phi) is 6.52. The van der Waals surface area contributed by atoms with E-state index in [0.717, 1.165) is 13.1 Å². The molecule has 3 nitrogen and oxygen atoms in total. The van der Waals surface area contributed by atoms with Crippen LogP contribution < -0.4 is 9.80 Å². The summed E-state index contributed by atoms with van der Waals surface area (Å²) in [4.78, 5) is 7.46. The van der Waals surface area contributed by atoms with E-state index >= 15 is 0 Å². The van der Waals surface area contributed by atoms with E-state index in [-0.39, 0.29) is 0 Å². The van der Waals surface area contributed by atoms with E-state index in [0.29, 0.717) is 0 Å². The maximum Gasteiger partial charge on any atom is 0.105 e. The van der Waals surface area contributed by atoms with Gasteiger partial charge in [0.25, 0.3) is 0 Å². The molecule has 3 heterocycles. The number of aromatic nitrogens is 1. The summed E-state index contributed by atoms with van der Waals surface area (Å²) in [6.07, 6.45) is 8.30. The number of aromatic amines is 1. The van der Waals surface area contributed by atoms with Crippen LogP contribution in [0.5, 0.6) is 0 Å². The Morgan fingerprint density at radius 3 is 1.29 bits per heavy atom. The van der Waals surface area contributed by atoms with Crippen LogP contribution in [-0.4, -0.2) is 31.2 Å². The number of quaternary nitrogens is 2. The van der Waals surface area contributed by atoms with Gasteiger partial charge in [-0.05, 0) is 49.7 Å². The minimum Gasteiger partial charge on any atom is -0.354 e. The van der Waals surface area contributed by atoms with Gasteiger partial charge in [0.2, 0.25) is 0 Å². The molecule has 31 heavy (non-hydrogen) atoms. The fourth-order valence-electron chi connectivity index (χ4n) is 5.63. The van der Waals surface area contributed by atoms with Crippen LogP contribution in [0.15, 0.2) is 60.7 Å². The van der Waals surface area contributed by atoms with Crippen LogP contribution in [0.1, 0.15) is 49.7 Å². The molecule has 0 atom stereocenters. The van der Waals surface area contributed by atoms with Crippen molar-refractivity contribution < 1.29 is 9.80 Å². The Hall–Kier alpha value is -2.36. The van der Waals surface area contributed by atoms with Crippen LogP contribution in [-0.2, 0) is 13.1 Å². The molecule has 0 unspecified atom stereocenters. The van der Waals surface area contributed by atoms with Gasteiger partial charge in [-0.3, -0.25) is 0 Å². The maximum atomic E-state index is 3.94. The van der Waals surface area contributed by atoms with Crippen molar-refractivity contribution in [3.63, 3.8) is 0 Å². The predicted molar refractivity (Wildman–Crippen MR) is 128 cm³/mol. The van der Waals surface area contributed by atoms with Crippen molar-refractivity contribution in [1.29, 1.82) is 0 Å². The Bertz CT molecular complexity index is 871. The fraction of sp³-hybridized carbons (Fsp3) is 0.429. The van der Waals surface area contributed by atoms with E-state index in [1.54, 1.807) is 20.9 Å². The summed E-state index contributed by atoms with van der Waals surface area (Å²) in [6, 6.07) is 22.0. The third-order valence-corrected chi connectivity index (χ3v) is 7.32. The second-order valence-corrected chi connectivity index (χ2v) is 9.54. The van der Waals surface area contributed by atoms with Crippen molar-refractivity contribution in [3.8, 4) is 22.5 Å². The third-order valence-electron chi connectivity index (χ3n) is 7.32. The Balaban J connectivity index is 1.60. The summed E-state index contributed by atoms with van der Waals surface area (Å²) in [7, 11) is 0. The molecule has 162 valence electrons. The molecule has 3 heteroatoms. The molecule has 0 bridgehead atoms. The Morgan fingerprint density at radius 1 is 0.516 bits per heavy atom. The van der Waals surface area contributed by atoms with Crippen LogP contribution in [0.25, 0.3) is 22.5 Å². The molecule has 0 aliphatic carbocycles.